The minimum atomic E-state index is -3.68. The largest absolute Gasteiger partial charge is 0.372 e. The second kappa shape index (κ2) is 5.80. The number of hydrogen-bond donors (Lipinski definition) is 2. The summed E-state index contributed by atoms with van der Waals surface area (Å²) in [6.07, 6.45) is 1.54. The fourth-order valence-corrected chi connectivity index (χ4v) is 3.51. The molecule has 5 nitrogen and oxygen atoms in total. The van der Waals surface area contributed by atoms with Gasteiger partial charge in [0.1, 0.15) is 10.7 Å². The van der Waals surface area contributed by atoms with E-state index >= 15 is 0 Å². The quantitative estimate of drug-likeness (QED) is 0.884. The van der Waals surface area contributed by atoms with E-state index < -0.39 is 10.0 Å². The minimum Gasteiger partial charge on any atom is -0.372 e. The van der Waals surface area contributed by atoms with Gasteiger partial charge in [-0.15, -0.1) is 0 Å². The highest BCUT2D eigenvalue weighted by Gasteiger charge is 2.19. The lowest BCUT2D eigenvalue weighted by Crippen LogP contribution is -2.16. The molecule has 0 atom stereocenters. The molecule has 1 aromatic heterocycles. The molecule has 0 saturated carbocycles. The number of aromatic nitrogens is 1. The maximum Gasteiger partial charge on any atom is 0.265 e. The molecule has 7 heteroatoms. The molecule has 1 aromatic carbocycles. The van der Waals surface area contributed by atoms with Crippen molar-refractivity contribution in [1.29, 1.82) is 0 Å². The van der Waals surface area contributed by atoms with Crippen molar-refractivity contribution >= 4 is 37.5 Å². The van der Waals surface area contributed by atoms with Crippen LogP contribution < -0.4 is 10.0 Å². The Balaban J connectivity index is 2.41. The molecule has 106 valence electrons. The van der Waals surface area contributed by atoms with Gasteiger partial charge < -0.3 is 5.32 Å². The van der Waals surface area contributed by atoms with E-state index in [1.165, 1.54) is 12.3 Å². The normalized spacial score (nSPS) is 11.2. The Hall–Kier alpha value is -1.60. The summed E-state index contributed by atoms with van der Waals surface area (Å²) in [6.45, 7) is 1.84. The van der Waals surface area contributed by atoms with Gasteiger partial charge in [0.05, 0.1) is 5.69 Å². The third-order valence-corrected chi connectivity index (χ3v) is 4.62. The smallest absolute Gasteiger partial charge is 0.265 e. The number of sulfonamides is 1. The molecule has 0 bridgehead atoms. The number of halogens is 1. The van der Waals surface area contributed by atoms with Gasteiger partial charge in [-0.3, -0.25) is 4.72 Å². The maximum atomic E-state index is 12.4. The fourth-order valence-electron chi connectivity index (χ4n) is 1.74. The molecule has 20 heavy (non-hydrogen) atoms. The third-order valence-electron chi connectivity index (χ3n) is 2.73. The van der Waals surface area contributed by atoms with Crippen molar-refractivity contribution in [2.75, 3.05) is 17.1 Å². The Morgan fingerprint density at radius 2 is 2.00 bits per heavy atom. The molecule has 0 aliphatic rings. The van der Waals surface area contributed by atoms with Crippen LogP contribution in [0.4, 0.5) is 11.5 Å². The molecule has 0 aliphatic heterocycles. The van der Waals surface area contributed by atoms with Gasteiger partial charge in [0.2, 0.25) is 0 Å². The van der Waals surface area contributed by atoms with Crippen LogP contribution in [0, 0.1) is 6.92 Å². The summed E-state index contributed by atoms with van der Waals surface area (Å²) in [4.78, 5) is 4.12. The van der Waals surface area contributed by atoms with Crippen LogP contribution in [-0.4, -0.2) is 20.4 Å². The van der Waals surface area contributed by atoms with Gasteiger partial charge in [-0.1, -0.05) is 15.9 Å². The number of aryl methyl sites for hydroxylation is 1. The second-order valence-corrected chi connectivity index (χ2v) is 6.73. The second-order valence-electron chi connectivity index (χ2n) is 4.16. The molecule has 2 aromatic rings. The average Bonchev–Trinajstić information content (AvgIpc) is 2.42. The first-order valence-corrected chi connectivity index (χ1v) is 8.13. The van der Waals surface area contributed by atoms with Crippen molar-refractivity contribution in [3.8, 4) is 0 Å². The van der Waals surface area contributed by atoms with E-state index in [2.05, 4.69) is 31.0 Å². The molecule has 0 radical (unpaired) electrons. The number of nitrogens with zero attached hydrogens (tertiary/aromatic N) is 1. The van der Waals surface area contributed by atoms with E-state index in [0.717, 1.165) is 10.0 Å². The molecular weight excluding hydrogens is 342 g/mol. The molecule has 1 heterocycles. The Bertz CT molecular complexity index is 732. The lowest BCUT2D eigenvalue weighted by Gasteiger charge is -2.13. The van der Waals surface area contributed by atoms with E-state index in [1.807, 2.05) is 13.0 Å². The first-order valence-electron chi connectivity index (χ1n) is 5.86. The van der Waals surface area contributed by atoms with Crippen LogP contribution in [0.1, 0.15) is 5.56 Å². The summed E-state index contributed by atoms with van der Waals surface area (Å²) in [5.74, 6) is 0.315. The predicted molar refractivity (Wildman–Crippen MR) is 83.5 cm³/mol. The highest BCUT2D eigenvalue weighted by Crippen LogP contribution is 2.25. The fraction of sp³-hybridized carbons (Fsp3) is 0.154. The summed E-state index contributed by atoms with van der Waals surface area (Å²) >= 11 is 3.35. The number of anilines is 2. The first-order chi connectivity index (χ1) is 9.44. The number of benzene rings is 1. The summed E-state index contributed by atoms with van der Waals surface area (Å²) in [6, 6.07) is 8.44. The summed E-state index contributed by atoms with van der Waals surface area (Å²) < 4.78 is 28.3. The van der Waals surface area contributed by atoms with Gasteiger partial charge >= 0.3 is 0 Å². The number of rotatable bonds is 4. The molecule has 2 rings (SSSR count). The molecule has 0 saturated heterocycles. The zero-order valence-corrected chi connectivity index (χ0v) is 13.4. The highest BCUT2D eigenvalue weighted by molar-refractivity contribution is 9.10. The number of nitrogens with one attached hydrogen (secondary N) is 2. The van der Waals surface area contributed by atoms with Crippen LogP contribution in [0.5, 0.6) is 0 Å². The number of pyridine rings is 1. The third kappa shape index (κ3) is 3.10. The Labute approximate surface area is 126 Å². The van der Waals surface area contributed by atoms with Crippen molar-refractivity contribution in [2.24, 2.45) is 0 Å². The first kappa shape index (κ1) is 14.8. The van der Waals surface area contributed by atoms with E-state index in [-0.39, 0.29) is 4.90 Å². The molecule has 0 fully saturated rings. The predicted octanol–water partition coefficient (Wildman–Crippen LogP) is 3.00. The van der Waals surface area contributed by atoms with Crippen LogP contribution >= 0.6 is 15.9 Å². The molecule has 0 spiro atoms. The van der Waals surface area contributed by atoms with E-state index in [1.54, 1.807) is 25.2 Å². The van der Waals surface area contributed by atoms with Crippen LogP contribution in [0.3, 0.4) is 0 Å². The monoisotopic (exact) mass is 355 g/mol. The summed E-state index contributed by atoms with van der Waals surface area (Å²) in [5.41, 5.74) is 1.37. The minimum absolute atomic E-state index is 0.116. The zero-order valence-electron chi connectivity index (χ0n) is 11.0. The highest BCUT2D eigenvalue weighted by atomic mass is 79.9. The van der Waals surface area contributed by atoms with Crippen LogP contribution in [0.2, 0.25) is 0 Å². The van der Waals surface area contributed by atoms with E-state index in [0.29, 0.717) is 11.5 Å². The maximum absolute atomic E-state index is 12.4. The Kier molecular flexibility index (Phi) is 4.29. The van der Waals surface area contributed by atoms with E-state index in [4.69, 9.17) is 0 Å². The Morgan fingerprint density at radius 1 is 1.25 bits per heavy atom. The summed E-state index contributed by atoms with van der Waals surface area (Å²) in [5, 5.41) is 2.77. The van der Waals surface area contributed by atoms with Crippen LogP contribution in [0.15, 0.2) is 45.9 Å². The van der Waals surface area contributed by atoms with Crippen molar-refractivity contribution in [3.05, 3.63) is 46.6 Å². The molecule has 2 N–H and O–H groups in total. The lowest BCUT2D eigenvalue weighted by atomic mass is 10.2. The van der Waals surface area contributed by atoms with Crippen molar-refractivity contribution in [1.82, 2.24) is 4.98 Å². The average molecular weight is 356 g/mol. The molecular formula is C13H14BrN3O2S. The zero-order chi connectivity index (χ0) is 14.8. The van der Waals surface area contributed by atoms with Crippen molar-refractivity contribution < 1.29 is 8.42 Å². The SMILES string of the molecule is CNc1ncccc1S(=O)(=O)Nc1ccc(Br)cc1C. The standard InChI is InChI=1S/C13H14BrN3O2S/c1-9-8-10(14)5-6-11(9)17-20(18,19)12-4-3-7-16-13(12)15-2/h3-8,17H,1-2H3,(H,15,16). The lowest BCUT2D eigenvalue weighted by molar-refractivity contribution is 0.601. The van der Waals surface area contributed by atoms with Gasteiger partial charge in [-0.25, -0.2) is 13.4 Å². The Morgan fingerprint density at radius 3 is 2.65 bits per heavy atom. The van der Waals surface area contributed by atoms with Gasteiger partial charge in [-0.2, -0.15) is 0 Å². The van der Waals surface area contributed by atoms with Crippen LogP contribution in [-0.2, 0) is 10.0 Å². The van der Waals surface area contributed by atoms with Gasteiger partial charge in [0.15, 0.2) is 0 Å². The van der Waals surface area contributed by atoms with E-state index in [9.17, 15) is 8.42 Å². The van der Waals surface area contributed by atoms with Crippen molar-refractivity contribution in [3.63, 3.8) is 0 Å². The van der Waals surface area contributed by atoms with Gasteiger partial charge in [-0.05, 0) is 42.8 Å². The topological polar surface area (TPSA) is 71.1 Å². The molecule has 0 unspecified atom stereocenters. The van der Waals surface area contributed by atoms with Crippen LogP contribution in [0.25, 0.3) is 0 Å². The van der Waals surface area contributed by atoms with Crippen molar-refractivity contribution in [2.45, 2.75) is 11.8 Å². The number of hydrogen-bond acceptors (Lipinski definition) is 4. The summed E-state index contributed by atoms with van der Waals surface area (Å²) in [7, 11) is -2.05. The molecule has 0 aliphatic carbocycles. The molecule has 0 amide bonds. The van der Waals surface area contributed by atoms with Gasteiger partial charge in [0, 0.05) is 17.7 Å². The van der Waals surface area contributed by atoms with Gasteiger partial charge in [0.25, 0.3) is 10.0 Å².